The number of rotatable bonds is 5. The van der Waals surface area contributed by atoms with Gasteiger partial charge in [-0.05, 0) is 32.1 Å². The summed E-state index contributed by atoms with van der Waals surface area (Å²) in [6.07, 6.45) is 9.34. The number of ether oxygens (including phenoxy) is 1. The summed E-state index contributed by atoms with van der Waals surface area (Å²) in [7, 11) is 0. The molecule has 1 heterocycles. The molecule has 0 unspecified atom stereocenters. The Kier molecular flexibility index (Phi) is 5.62. The number of hydrogen-bond acceptors (Lipinski definition) is 4. The summed E-state index contributed by atoms with van der Waals surface area (Å²) in [5, 5.41) is 0. The molecule has 1 saturated carbocycles. The van der Waals surface area contributed by atoms with Gasteiger partial charge in [-0.2, -0.15) is 0 Å². The number of oxazole rings is 1. The van der Waals surface area contributed by atoms with Crippen LogP contribution in [0.1, 0.15) is 74.5 Å². The van der Waals surface area contributed by atoms with Gasteiger partial charge in [-0.1, -0.05) is 32.6 Å². The third kappa shape index (κ3) is 3.84. The van der Waals surface area contributed by atoms with Gasteiger partial charge < -0.3 is 9.15 Å². The van der Waals surface area contributed by atoms with E-state index in [4.69, 9.17) is 9.15 Å². The molecular weight excluding hydrogens is 254 g/mol. The van der Waals surface area contributed by atoms with Gasteiger partial charge in [0.05, 0.1) is 12.3 Å². The maximum Gasteiger partial charge on any atom is 0.376 e. The Balaban J connectivity index is 2.06. The first-order valence-electron chi connectivity index (χ1n) is 7.90. The first-order chi connectivity index (χ1) is 9.74. The molecular formula is C16H25NO3. The standard InChI is InChI=1S/C16H25NO3/c1-3-13-15(16(18)19-4-2)20-14(17-13)11-12-9-7-5-6-8-10-12/h12H,3-11H2,1-2H3. The fraction of sp³-hybridized carbons (Fsp3) is 0.750. The van der Waals surface area contributed by atoms with Crippen molar-refractivity contribution in [2.75, 3.05) is 6.61 Å². The number of carbonyl (C=O) groups excluding carboxylic acids is 1. The van der Waals surface area contributed by atoms with Gasteiger partial charge in [0.25, 0.3) is 0 Å². The Morgan fingerprint density at radius 1 is 1.25 bits per heavy atom. The summed E-state index contributed by atoms with van der Waals surface area (Å²) in [4.78, 5) is 16.3. The van der Waals surface area contributed by atoms with Gasteiger partial charge in [-0.3, -0.25) is 0 Å². The van der Waals surface area contributed by atoms with E-state index in [0.717, 1.165) is 12.1 Å². The number of hydrogen-bond donors (Lipinski definition) is 0. The van der Waals surface area contributed by atoms with Crippen molar-refractivity contribution in [1.29, 1.82) is 0 Å². The van der Waals surface area contributed by atoms with Crippen molar-refractivity contribution < 1.29 is 13.9 Å². The van der Waals surface area contributed by atoms with Crippen LogP contribution >= 0.6 is 0 Å². The van der Waals surface area contributed by atoms with Gasteiger partial charge in [-0.25, -0.2) is 9.78 Å². The van der Waals surface area contributed by atoms with E-state index in [1.807, 2.05) is 6.92 Å². The van der Waals surface area contributed by atoms with E-state index in [1.165, 1.54) is 38.5 Å². The predicted octanol–water partition coefficient (Wildman–Crippen LogP) is 3.93. The average molecular weight is 279 g/mol. The third-order valence-electron chi connectivity index (χ3n) is 3.98. The molecule has 1 aliphatic carbocycles. The lowest BCUT2D eigenvalue weighted by atomic mass is 9.97. The van der Waals surface area contributed by atoms with Crippen LogP contribution in [0.25, 0.3) is 0 Å². The molecule has 1 fully saturated rings. The molecule has 0 aromatic carbocycles. The van der Waals surface area contributed by atoms with E-state index in [0.29, 0.717) is 30.6 Å². The highest BCUT2D eigenvalue weighted by atomic mass is 16.5. The van der Waals surface area contributed by atoms with E-state index in [-0.39, 0.29) is 5.97 Å². The van der Waals surface area contributed by atoms with E-state index in [1.54, 1.807) is 6.92 Å². The van der Waals surface area contributed by atoms with Gasteiger partial charge in [0.15, 0.2) is 5.89 Å². The van der Waals surface area contributed by atoms with E-state index >= 15 is 0 Å². The number of aromatic nitrogens is 1. The predicted molar refractivity (Wildman–Crippen MR) is 76.7 cm³/mol. The molecule has 0 amide bonds. The third-order valence-corrected chi connectivity index (χ3v) is 3.98. The van der Waals surface area contributed by atoms with Crippen LogP contribution in [0.15, 0.2) is 4.42 Å². The summed E-state index contributed by atoms with van der Waals surface area (Å²) in [5.74, 6) is 1.27. The van der Waals surface area contributed by atoms with Crippen molar-refractivity contribution >= 4 is 5.97 Å². The van der Waals surface area contributed by atoms with Crippen LogP contribution in [0, 0.1) is 5.92 Å². The highest BCUT2D eigenvalue weighted by Crippen LogP contribution is 2.26. The van der Waals surface area contributed by atoms with Crippen molar-refractivity contribution in [3.63, 3.8) is 0 Å². The van der Waals surface area contributed by atoms with Crippen LogP contribution in [0.3, 0.4) is 0 Å². The molecule has 1 aromatic rings. The summed E-state index contributed by atoms with van der Waals surface area (Å²) < 4.78 is 10.7. The van der Waals surface area contributed by atoms with Crippen LogP contribution in [-0.2, 0) is 17.6 Å². The van der Waals surface area contributed by atoms with Crippen molar-refractivity contribution in [1.82, 2.24) is 4.98 Å². The Hall–Kier alpha value is -1.32. The van der Waals surface area contributed by atoms with Crippen molar-refractivity contribution in [3.8, 4) is 0 Å². The highest BCUT2D eigenvalue weighted by molar-refractivity contribution is 5.87. The number of nitrogens with zero attached hydrogens (tertiary/aromatic N) is 1. The van der Waals surface area contributed by atoms with Gasteiger partial charge in [-0.15, -0.1) is 0 Å². The van der Waals surface area contributed by atoms with Crippen molar-refractivity contribution in [2.24, 2.45) is 5.92 Å². The van der Waals surface area contributed by atoms with Gasteiger partial charge >= 0.3 is 5.97 Å². The minimum Gasteiger partial charge on any atom is -0.460 e. The Morgan fingerprint density at radius 2 is 1.95 bits per heavy atom. The van der Waals surface area contributed by atoms with Crippen molar-refractivity contribution in [2.45, 2.75) is 65.2 Å². The first kappa shape index (κ1) is 15.1. The fourth-order valence-electron chi connectivity index (χ4n) is 2.90. The number of aryl methyl sites for hydroxylation is 1. The molecule has 20 heavy (non-hydrogen) atoms. The molecule has 0 spiro atoms. The highest BCUT2D eigenvalue weighted by Gasteiger charge is 2.22. The fourth-order valence-corrected chi connectivity index (χ4v) is 2.90. The van der Waals surface area contributed by atoms with Crippen LogP contribution in [0.5, 0.6) is 0 Å². The lowest BCUT2D eigenvalue weighted by Gasteiger charge is -2.10. The molecule has 0 saturated heterocycles. The van der Waals surface area contributed by atoms with Crippen LogP contribution in [-0.4, -0.2) is 17.6 Å². The zero-order valence-electron chi connectivity index (χ0n) is 12.6. The summed E-state index contributed by atoms with van der Waals surface area (Å²) in [6.45, 7) is 4.14. The molecule has 0 bridgehead atoms. The smallest absolute Gasteiger partial charge is 0.376 e. The molecule has 0 aliphatic heterocycles. The minimum atomic E-state index is -0.385. The SMILES string of the molecule is CCOC(=O)c1oc(CC2CCCCCC2)nc1CC. The van der Waals surface area contributed by atoms with Gasteiger partial charge in [0, 0.05) is 6.42 Å². The second-order valence-electron chi connectivity index (χ2n) is 5.52. The minimum absolute atomic E-state index is 0.304. The zero-order valence-corrected chi connectivity index (χ0v) is 12.6. The molecule has 2 rings (SSSR count). The monoisotopic (exact) mass is 279 g/mol. The zero-order chi connectivity index (χ0) is 14.4. The molecule has 112 valence electrons. The number of esters is 1. The second-order valence-corrected chi connectivity index (χ2v) is 5.52. The molecule has 0 N–H and O–H groups in total. The lowest BCUT2D eigenvalue weighted by molar-refractivity contribution is 0.0486. The molecule has 4 nitrogen and oxygen atoms in total. The molecule has 4 heteroatoms. The van der Waals surface area contributed by atoms with Crippen LogP contribution in [0.2, 0.25) is 0 Å². The molecule has 1 aliphatic rings. The van der Waals surface area contributed by atoms with Gasteiger partial charge in [0.2, 0.25) is 5.76 Å². The van der Waals surface area contributed by atoms with E-state index in [9.17, 15) is 4.79 Å². The largest absolute Gasteiger partial charge is 0.460 e. The maximum absolute atomic E-state index is 11.8. The molecule has 0 radical (unpaired) electrons. The second kappa shape index (κ2) is 7.46. The lowest BCUT2D eigenvalue weighted by Crippen LogP contribution is -2.06. The Morgan fingerprint density at radius 3 is 2.55 bits per heavy atom. The number of carbonyl (C=O) groups is 1. The summed E-state index contributed by atoms with van der Waals surface area (Å²) in [6, 6.07) is 0. The van der Waals surface area contributed by atoms with E-state index in [2.05, 4.69) is 4.98 Å². The average Bonchev–Trinajstić information content (AvgIpc) is 2.67. The summed E-state index contributed by atoms with van der Waals surface area (Å²) in [5.41, 5.74) is 0.729. The Labute approximate surface area is 120 Å². The maximum atomic E-state index is 11.8. The topological polar surface area (TPSA) is 52.3 Å². The molecule has 0 atom stereocenters. The van der Waals surface area contributed by atoms with Crippen LogP contribution < -0.4 is 0 Å². The van der Waals surface area contributed by atoms with Crippen LogP contribution in [0.4, 0.5) is 0 Å². The Bertz CT molecular complexity index is 431. The normalized spacial score (nSPS) is 16.9. The first-order valence-corrected chi connectivity index (χ1v) is 7.90. The van der Waals surface area contributed by atoms with Crippen molar-refractivity contribution in [3.05, 3.63) is 17.3 Å². The quantitative estimate of drug-likeness (QED) is 0.605. The van der Waals surface area contributed by atoms with Gasteiger partial charge in [0.1, 0.15) is 0 Å². The molecule has 1 aromatic heterocycles. The summed E-state index contributed by atoms with van der Waals surface area (Å²) >= 11 is 0. The van der Waals surface area contributed by atoms with E-state index < -0.39 is 0 Å².